The van der Waals surface area contributed by atoms with E-state index in [1.54, 1.807) is 0 Å². The number of nitrogens with one attached hydrogen (secondary N) is 3. The Hall–Kier alpha value is -0.0700. The van der Waals surface area contributed by atoms with E-state index in [0.717, 1.165) is 26.2 Å². The lowest BCUT2D eigenvalue weighted by molar-refractivity contribution is -0.150. The third-order valence-electron chi connectivity index (χ3n) is 2.82. The van der Waals surface area contributed by atoms with Gasteiger partial charge < -0.3 is 20.7 Å². The summed E-state index contributed by atoms with van der Waals surface area (Å²) in [7, 11) is 1.43. The molecular formula is C11H25Cl2N3O2. The van der Waals surface area contributed by atoms with Crippen LogP contribution in [0.25, 0.3) is 0 Å². The topological polar surface area (TPSA) is 62.4 Å². The Bertz CT molecular complexity index is 234. The first-order valence-corrected chi connectivity index (χ1v) is 5.79. The molecule has 0 aromatic heterocycles. The maximum Gasteiger partial charge on any atom is 0.312 e. The fourth-order valence-electron chi connectivity index (χ4n) is 1.76. The summed E-state index contributed by atoms with van der Waals surface area (Å²) in [5.74, 6) is -0.172. The molecule has 1 atom stereocenters. The normalized spacial score (nSPS) is 19.4. The smallest absolute Gasteiger partial charge is 0.312 e. The first kappa shape index (κ1) is 20.3. The van der Waals surface area contributed by atoms with Crippen molar-refractivity contribution in [2.45, 2.75) is 19.9 Å². The van der Waals surface area contributed by atoms with Gasteiger partial charge in [-0.1, -0.05) is 0 Å². The number of carbonyl (C=O) groups excluding carboxylic acids is 1. The van der Waals surface area contributed by atoms with E-state index in [2.05, 4.69) is 16.0 Å². The molecule has 0 unspecified atom stereocenters. The zero-order chi connectivity index (χ0) is 12.0. The van der Waals surface area contributed by atoms with Crippen molar-refractivity contribution in [1.29, 1.82) is 0 Å². The van der Waals surface area contributed by atoms with Crippen molar-refractivity contribution >= 4 is 30.8 Å². The van der Waals surface area contributed by atoms with Crippen LogP contribution >= 0.6 is 24.8 Å². The standard InChI is InChI=1S/C11H23N3O2.2ClH/c1-11(2,10(15)16-3)8-13-7-9-6-12-4-5-14-9;;/h9,12-14H,4-8H2,1-3H3;2*1H/t9-;;/m0../s1. The van der Waals surface area contributed by atoms with E-state index in [0.29, 0.717) is 12.6 Å². The van der Waals surface area contributed by atoms with Crippen LogP contribution < -0.4 is 16.0 Å². The Morgan fingerprint density at radius 1 is 1.39 bits per heavy atom. The van der Waals surface area contributed by atoms with Crippen LogP contribution in [-0.2, 0) is 9.53 Å². The highest BCUT2D eigenvalue weighted by molar-refractivity contribution is 5.85. The summed E-state index contributed by atoms with van der Waals surface area (Å²) in [6.07, 6.45) is 0. The van der Waals surface area contributed by atoms with Gasteiger partial charge in [0.1, 0.15) is 0 Å². The van der Waals surface area contributed by atoms with E-state index < -0.39 is 5.41 Å². The van der Waals surface area contributed by atoms with Crippen molar-refractivity contribution in [3.05, 3.63) is 0 Å². The summed E-state index contributed by atoms with van der Waals surface area (Å²) in [5, 5.41) is 10.0. The number of methoxy groups -OCH3 is 1. The lowest BCUT2D eigenvalue weighted by atomic mass is 9.93. The molecule has 0 bridgehead atoms. The molecule has 1 rings (SSSR count). The van der Waals surface area contributed by atoms with Gasteiger partial charge in [0.15, 0.2) is 0 Å². The number of carbonyl (C=O) groups is 1. The molecular weight excluding hydrogens is 277 g/mol. The second-order valence-electron chi connectivity index (χ2n) is 4.86. The molecule has 0 aromatic carbocycles. The van der Waals surface area contributed by atoms with Gasteiger partial charge in [-0.15, -0.1) is 24.8 Å². The molecule has 3 N–H and O–H groups in total. The predicted octanol–water partition coefficient (Wildman–Crippen LogP) is 0.180. The SMILES string of the molecule is COC(=O)C(C)(C)CNC[C@@H]1CNCCN1.Cl.Cl. The minimum absolute atomic E-state index is 0. The second-order valence-corrected chi connectivity index (χ2v) is 4.86. The molecule has 110 valence electrons. The van der Waals surface area contributed by atoms with Gasteiger partial charge in [-0.3, -0.25) is 4.79 Å². The highest BCUT2D eigenvalue weighted by Crippen LogP contribution is 2.15. The van der Waals surface area contributed by atoms with Crippen LogP contribution in [0.2, 0.25) is 0 Å². The molecule has 1 saturated heterocycles. The molecule has 0 amide bonds. The lowest BCUT2D eigenvalue weighted by Crippen LogP contribution is -2.53. The maximum atomic E-state index is 11.4. The molecule has 0 aliphatic carbocycles. The van der Waals surface area contributed by atoms with Gasteiger partial charge in [0.05, 0.1) is 12.5 Å². The fourth-order valence-corrected chi connectivity index (χ4v) is 1.76. The van der Waals surface area contributed by atoms with Crippen LogP contribution in [0, 0.1) is 5.41 Å². The highest BCUT2D eigenvalue weighted by Gasteiger charge is 2.28. The predicted molar refractivity (Wildman–Crippen MR) is 77.8 cm³/mol. The molecule has 1 aliphatic heterocycles. The summed E-state index contributed by atoms with van der Waals surface area (Å²) in [4.78, 5) is 11.4. The fraction of sp³-hybridized carbons (Fsp3) is 0.909. The van der Waals surface area contributed by atoms with Crippen LogP contribution in [0.15, 0.2) is 0 Å². The van der Waals surface area contributed by atoms with Crippen molar-refractivity contribution in [1.82, 2.24) is 16.0 Å². The zero-order valence-electron chi connectivity index (χ0n) is 11.2. The first-order valence-electron chi connectivity index (χ1n) is 5.79. The molecule has 0 aromatic rings. The van der Waals surface area contributed by atoms with Gasteiger partial charge in [-0.25, -0.2) is 0 Å². The number of piperazine rings is 1. The van der Waals surface area contributed by atoms with Crippen LogP contribution in [0.4, 0.5) is 0 Å². The van der Waals surface area contributed by atoms with Gasteiger partial charge in [0, 0.05) is 38.8 Å². The van der Waals surface area contributed by atoms with Crippen molar-refractivity contribution in [3.8, 4) is 0 Å². The molecule has 1 aliphatic rings. The van der Waals surface area contributed by atoms with Gasteiger partial charge in [-0.05, 0) is 13.8 Å². The van der Waals surface area contributed by atoms with E-state index in [4.69, 9.17) is 4.74 Å². The van der Waals surface area contributed by atoms with E-state index in [-0.39, 0.29) is 30.8 Å². The number of halogens is 2. The lowest BCUT2D eigenvalue weighted by Gasteiger charge is -2.27. The average molecular weight is 302 g/mol. The second kappa shape index (κ2) is 9.81. The Labute approximate surface area is 122 Å². The van der Waals surface area contributed by atoms with Gasteiger partial charge >= 0.3 is 5.97 Å². The maximum absolute atomic E-state index is 11.4. The van der Waals surface area contributed by atoms with Crippen LogP contribution in [0.3, 0.4) is 0 Å². The van der Waals surface area contributed by atoms with Crippen molar-refractivity contribution in [2.75, 3.05) is 39.8 Å². The molecule has 1 heterocycles. The first-order chi connectivity index (χ1) is 7.56. The van der Waals surface area contributed by atoms with E-state index in [1.807, 2.05) is 13.8 Å². The Balaban J connectivity index is 0. The Morgan fingerprint density at radius 3 is 2.56 bits per heavy atom. The number of hydrogen-bond donors (Lipinski definition) is 3. The summed E-state index contributed by atoms with van der Waals surface area (Å²) in [5.41, 5.74) is -0.461. The molecule has 0 spiro atoms. The Morgan fingerprint density at radius 2 is 2.06 bits per heavy atom. The minimum Gasteiger partial charge on any atom is -0.469 e. The van der Waals surface area contributed by atoms with Crippen LogP contribution in [0.1, 0.15) is 13.8 Å². The van der Waals surface area contributed by atoms with Crippen molar-refractivity contribution in [3.63, 3.8) is 0 Å². The third-order valence-corrected chi connectivity index (χ3v) is 2.82. The van der Waals surface area contributed by atoms with Gasteiger partial charge in [0.25, 0.3) is 0 Å². The minimum atomic E-state index is -0.461. The summed E-state index contributed by atoms with van der Waals surface area (Å²) >= 11 is 0. The summed E-state index contributed by atoms with van der Waals surface area (Å²) < 4.78 is 4.75. The molecule has 0 radical (unpaired) electrons. The van der Waals surface area contributed by atoms with Gasteiger partial charge in [0.2, 0.25) is 0 Å². The monoisotopic (exact) mass is 301 g/mol. The van der Waals surface area contributed by atoms with Crippen molar-refractivity contribution in [2.24, 2.45) is 5.41 Å². The molecule has 0 saturated carbocycles. The quantitative estimate of drug-likeness (QED) is 0.633. The molecule has 1 fully saturated rings. The zero-order valence-corrected chi connectivity index (χ0v) is 12.9. The third kappa shape index (κ3) is 6.75. The van der Waals surface area contributed by atoms with E-state index >= 15 is 0 Å². The number of ether oxygens (including phenoxy) is 1. The number of esters is 1. The van der Waals surface area contributed by atoms with Crippen LogP contribution in [-0.4, -0.2) is 51.8 Å². The number of hydrogen-bond acceptors (Lipinski definition) is 5. The summed E-state index contributed by atoms with van der Waals surface area (Å²) in [6, 6.07) is 0.446. The van der Waals surface area contributed by atoms with Crippen molar-refractivity contribution < 1.29 is 9.53 Å². The molecule has 7 heteroatoms. The average Bonchev–Trinajstić information content (AvgIpc) is 2.29. The molecule has 5 nitrogen and oxygen atoms in total. The summed E-state index contributed by atoms with van der Waals surface area (Å²) in [6.45, 7) is 8.30. The largest absolute Gasteiger partial charge is 0.469 e. The van der Waals surface area contributed by atoms with E-state index in [9.17, 15) is 4.79 Å². The number of rotatable bonds is 5. The van der Waals surface area contributed by atoms with Gasteiger partial charge in [-0.2, -0.15) is 0 Å². The molecule has 18 heavy (non-hydrogen) atoms. The van der Waals surface area contributed by atoms with E-state index in [1.165, 1.54) is 7.11 Å². The highest BCUT2D eigenvalue weighted by atomic mass is 35.5. The van der Waals surface area contributed by atoms with Crippen LogP contribution in [0.5, 0.6) is 0 Å². The Kier molecular flexibility index (Phi) is 11.0.